The SMILES string of the molecule is Cc1noc(C)c1CN(C)C(=O)C1(N)CC1. The van der Waals surface area contributed by atoms with Gasteiger partial charge in [-0.3, -0.25) is 4.79 Å². The molecular weight excluding hydrogens is 206 g/mol. The summed E-state index contributed by atoms with van der Waals surface area (Å²) in [5, 5.41) is 3.86. The van der Waals surface area contributed by atoms with Gasteiger partial charge in [0.05, 0.1) is 17.8 Å². The molecule has 0 aromatic carbocycles. The van der Waals surface area contributed by atoms with Crippen LogP contribution in [0, 0.1) is 13.8 Å². The molecule has 1 aromatic rings. The first kappa shape index (κ1) is 11.1. The van der Waals surface area contributed by atoms with Crippen molar-refractivity contribution in [3.05, 3.63) is 17.0 Å². The maximum absolute atomic E-state index is 11.9. The number of nitrogens with two attached hydrogens (primary N) is 1. The second-order valence-corrected chi connectivity index (χ2v) is 4.62. The lowest BCUT2D eigenvalue weighted by molar-refractivity contribution is -0.132. The van der Waals surface area contributed by atoms with E-state index in [4.69, 9.17) is 10.3 Å². The Morgan fingerprint density at radius 1 is 1.56 bits per heavy atom. The molecule has 0 aliphatic heterocycles. The van der Waals surface area contributed by atoms with E-state index >= 15 is 0 Å². The Kier molecular flexibility index (Phi) is 2.50. The number of amides is 1. The van der Waals surface area contributed by atoms with Gasteiger partial charge in [0.2, 0.25) is 5.91 Å². The van der Waals surface area contributed by atoms with E-state index < -0.39 is 5.54 Å². The molecule has 2 rings (SSSR count). The van der Waals surface area contributed by atoms with Crippen LogP contribution in [0.1, 0.15) is 29.9 Å². The summed E-state index contributed by atoms with van der Waals surface area (Å²) in [5.74, 6) is 0.770. The number of rotatable bonds is 3. The van der Waals surface area contributed by atoms with Crippen molar-refractivity contribution < 1.29 is 9.32 Å². The molecule has 1 amide bonds. The Morgan fingerprint density at radius 2 is 2.19 bits per heavy atom. The Balaban J connectivity index is 2.07. The zero-order chi connectivity index (χ0) is 11.9. The van der Waals surface area contributed by atoms with Gasteiger partial charge in [-0.05, 0) is 26.7 Å². The third-order valence-corrected chi connectivity index (χ3v) is 3.14. The number of aromatic nitrogens is 1. The molecule has 5 nitrogen and oxygen atoms in total. The molecule has 1 heterocycles. The van der Waals surface area contributed by atoms with Crippen molar-refractivity contribution in [1.29, 1.82) is 0 Å². The van der Waals surface area contributed by atoms with Crippen LogP contribution in [0.2, 0.25) is 0 Å². The highest BCUT2D eigenvalue weighted by molar-refractivity contribution is 5.88. The molecule has 0 saturated heterocycles. The van der Waals surface area contributed by atoms with Gasteiger partial charge in [-0.15, -0.1) is 0 Å². The van der Waals surface area contributed by atoms with Gasteiger partial charge in [0, 0.05) is 12.6 Å². The predicted octanol–water partition coefficient (Wildman–Crippen LogP) is 0.741. The lowest BCUT2D eigenvalue weighted by Crippen LogP contribution is -2.43. The quantitative estimate of drug-likeness (QED) is 0.820. The average Bonchev–Trinajstić information content (AvgIpc) is 2.93. The second kappa shape index (κ2) is 3.59. The van der Waals surface area contributed by atoms with Crippen LogP contribution in [0.15, 0.2) is 4.52 Å². The second-order valence-electron chi connectivity index (χ2n) is 4.62. The highest BCUT2D eigenvalue weighted by Gasteiger charge is 2.47. The molecule has 1 fully saturated rings. The van der Waals surface area contributed by atoms with E-state index in [-0.39, 0.29) is 5.91 Å². The van der Waals surface area contributed by atoms with Gasteiger partial charge in [0.15, 0.2) is 0 Å². The Labute approximate surface area is 94.6 Å². The fourth-order valence-electron chi connectivity index (χ4n) is 1.77. The number of hydrogen-bond acceptors (Lipinski definition) is 4. The molecule has 0 bridgehead atoms. The minimum atomic E-state index is -0.603. The van der Waals surface area contributed by atoms with Gasteiger partial charge in [-0.25, -0.2) is 0 Å². The number of nitrogens with zero attached hydrogens (tertiary/aromatic N) is 2. The number of hydrogen-bond donors (Lipinski definition) is 1. The molecule has 88 valence electrons. The molecule has 1 aliphatic rings. The average molecular weight is 223 g/mol. The van der Waals surface area contributed by atoms with Crippen molar-refractivity contribution in [3.8, 4) is 0 Å². The lowest BCUT2D eigenvalue weighted by atomic mass is 10.1. The van der Waals surface area contributed by atoms with Crippen LogP contribution in [0.3, 0.4) is 0 Å². The predicted molar refractivity (Wildman–Crippen MR) is 58.6 cm³/mol. The van der Waals surface area contributed by atoms with E-state index in [1.54, 1.807) is 11.9 Å². The van der Waals surface area contributed by atoms with E-state index in [0.29, 0.717) is 6.54 Å². The van der Waals surface area contributed by atoms with Crippen LogP contribution in [-0.2, 0) is 11.3 Å². The van der Waals surface area contributed by atoms with E-state index in [9.17, 15) is 4.79 Å². The van der Waals surface area contributed by atoms with E-state index in [2.05, 4.69) is 5.16 Å². The zero-order valence-corrected chi connectivity index (χ0v) is 9.91. The van der Waals surface area contributed by atoms with E-state index in [1.807, 2.05) is 13.8 Å². The molecule has 16 heavy (non-hydrogen) atoms. The fourth-order valence-corrected chi connectivity index (χ4v) is 1.77. The Bertz CT molecular complexity index is 401. The topological polar surface area (TPSA) is 72.4 Å². The van der Waals surface area contributed by atoms with Crippen LogP contribution in [0.5, 0.6) is 0 Å². The summed E-state index contributed by atoms with van der Waals surface area (Å²) in [5.41, 5.74) is 7.07. The van der Waals surface area contributed by atoms with Crippen molar-refractivity contribution in [2.24, 2.45) is 5.73 Å². The molecule has 0 spiro atoms. The number of carbonyl (C=O) groups is 1. The summed E-state index contributed by atoms with van der Waals surface area (Å²) in [4.78, 5) is 13.6. The van der Waals surface area contributed by atoms with Gasteiger partial charge >= 0.3 is 0 Å². The smallest absolute Gasteiger partial charge is 0.242 e. The molecule has 0 unspecified atom stereocenters. The Hall–Kier alpha value is -1.36. The van der Waals surface area contributed by atoms with Gasteiger partial charge in [0.25, 0.3) is 0 Å². The van der Waals surface area contributed by atoms with Crippen molar-refractivity contribution >= 4 is 5.91 Å². The standard InChI is InChI=1S/C11H17N3O2/c1-7-9(8(2)16-13-7)6-14(3)10(15)11(12)4-5-11/h4-6,12H2,1-3H3. The molecule has 1 aromatic heterocycles. The minimum absolute atomic E-state index is 0.00694. The molecule has 1 aliphatic carbocycles. The third-order valence-electron chi connectivity index (χ3n) is 3.14. The summed E-state index contributed by atoms with van der Waals surface area (Å²) >= 11 is 0. The van der Waals surface area contributed by atoms with Crippen LogP contribution in [0.25, 0.3) is 0 Å². The van der Waals surface area contributed by atoms with Crippen LogP contribution in [-0.4, -0.2) is 28.6 Å². The highest BCUT2D eigenvalue weighted by Crippen LogP contribution is 2.34. The first-order chi connectivity index (χ1) is 7.44. The molecule has 0 atom stereocenters. The van der Waals surface area contributed by atoms with Gasteiger partial charge in [-0.2, -0.15) is 0 Å². The first-order valence-electron chi connectivity index (χ1n) is 5.40. The minimum Gasteiger partial charge on any atom is -0.361 e. The largest absolute Gasteiger partial charge is 0.361 e. The molecular formula is C11H17N3O2. The number of likely N-dealkylation sites (N-methyl/N-ethyl adjacent to an activating group) is 1. The van der Waals surface area contributed by atoms with Gasteiger partial charge in [-0.1, -0.05) is 5.16 Å². The third kappa shape index (κ3) is 1.82. The van der Waals surface area contributed by atoms with Crippen LogP contribution in [0.4, 0.5) is 0 Å². The summed E-state index contributed by atoms with van der Waals surface area (Å²) in [7, 11) is 1.77. The summed E-state index contributed by atoms with van der Waals surface area (Å²) in [6.45, 7) is 4.24. The number of carbonyl (C=O) groups excluding carboxylic acids is 1. The van der Waals surface area contributed by atoms with Crippen LogP contribution < -0.4 is 5.73 Å². The molecule has 5 heteroatoms. The van der Waals surface area contributed by atoms with Crippen molar-refractivity contribution in [1.82, 2.24) is 10.1 Å². The maximum atomic E-state index is 11.9. The summed E-state index contributed by atoms with van der Waals surface area (Å²) in [6.07, 6.45) is 1.58. The molecule has 1 saturated carbocycles. The fraction of sp³-hybridized carbons (Fsp3) is 0.636. The van der Waals surface area contributed by atoms with E-state index in [1.165, 1.54) is 0 Å². The van der Waals surface area contributed by atoms with Gasteiger partial charge < -0.3 is 15.2 Å². The first-order valence-corrected chi connectivity index (χ1v) is 5.40. The van der Waals surface area contributed by atoms with Crippen LogP contribution >= 0.6 is 0 Å². The normalized spacial score (nSPS) is 17.2. The van der Waals surface area contributed by atoms with Gasteiger partial charge in [0.1, 0.15) is 5.76 Å². The van der Waals surface area contributed by atoms with E-state index in [0.717, 1.165) is 29.9 Å². The Morgan fingerprint density at radius 3 is 2.62 bits per heavy atom. The number of aryl methyl sites for hydroxylation is 2. The highest BCUT2D eigenvalue weighted by atomic mass is 16.5. The summed E-state index contributed by atoms with van der Waals surface area (Å²) < 4.78 is 5.06. The molecule has 2 N–H and O–H groups in total. The maximum Gasteiger partial charge on any atom is 0.242 e. The lowest BCUT2D eigenvalue weighted by Gasteiger charge is -2.20. The molecule has 0 radical (unpaired) electrons. The summed E-state index contributed by atoms with van der Waals surface area (Å²) in [6, 6.07) is 0. The monoisotopic (exact) mass is 223 g/mol. The van der Waals surface area contributed by atoms with Crippen molar-refractivity contribution in [2.75, 3.05) is 7.05 Å². The van der Waals surface area contributed by atoms with Crippen molar-refractivity contribution in [2.45, 2.75) is 38.8 Å². The zero-order valence-electron chi connectivity index (χ0n) is 9.91. The van der Waals surface area contributed by atoms with Crippen molar-refractivity contribution in [3.63, 3.8) is 0 Å².